The zero-order valence-electron chi connectivity index (χ0n) is 14.0. The lowest BCUT2D eigenvalue weighted by molar-refractivity contribution is -0.136. The van der Waals surface area contributed by atoms with E-state index in [1.54, 1.807) is 0 Å². The van der Waals surface area contributed by atoms with Crippen molar-refractivity contribution in [1.82, 2.24) is 0 Å². The van der Waals surface area contributed by atoms with Crippen molar-refractivity contribution in [1.29, 1.82) is 0 Å². The number of hydrogen-bond acceptors (Lipinski definition) is 5. The molecule has 0 aliphatic carbocycles. The van der Waals surface area contributed by atoms with E-state index in [-0.39, 0.29) is 32.8 Å². The molecular weight excluding hydrogens is 311 g/mol. The molecule has 1 heterocycles. The molecule has 24 heavy (non-hydrogen) atoms. The number of phenolic OH excluding ortho intramolecular Hbond substituents is 1. The number of carboxylic acid groups (broad SMARTS) is 1. The fourth-order valence-electron chi connectivity index (χ4n) is 2.71. The summed E-state index contributed by atoms with van der Waals surface area (Å²) in [5.74, 6) is -0.973. The Hall–Kier alpha value is -2.44. The van der Waals surface area contributed by atoms with Crippen LogP contribution in [0.1, 0.15) is 46.8 Å². The lowest BCUT2D eigenvalue weighted by atomic mass is 9.94. The van der Waals surface area contributed by atoms with Gasteiger partial charge in [-0.05, 0) is 32.3 Å². The standard InChI is InChI=1S/C17H20O6.B/c1-9(5-7-13(18)19)4-6-11-15(20)14-12(8-23-17(14)21)10(2)16(11)22-3;/h4,20H,5-8H2,1-3H3,(H,18,19);/b9-4+;. The molecule has 1 aromatic rings. The highest BCUT2D eigenvalue weighted by Gasteiger charge is 2.31. The highest BCUT2D eigenvalue weighted by molar-refractivity contribution is 5.98. The minimum atomic E-state index is -0.853. The van der Waals surface area contributed by atoms with E-state index in [4.69, 9.17) is 14.6 Å². The molecule has 0 saturated heterocycles. The van der Waals surface area contributed by atoms with Gasteiger partial charge in [-0.2, -0.15) is 0 Å². The summed E-state index contributed by atoms with van der Waals surface area (Å²) >= 11 is 0. The van der Waals surface area contributed by atoms with Crippen molar-refractivity contribution in [3.05, 3.63) is 33.9 Å². The number of ether oxygens (including phenoxy) is 2. The number of carbonyl (C=O) groups excluding carboxylic acids is 1. The van der Waals surface area contributed by atoms with E-state index in [2.05, 4.69) is 0 Å². The monoisotopic (exact) mass is 331 g/mol. The van der Waals surface area contributed by atoms with Gasteiger partial charge in [-0.15, -0.1) is 0 Å². The maximum Gasteiger partial charge on any atom is 0.342 e. The van der Waals surface area contributed by atoms with Crippen LogP contribution in [0.3, 0.4) is 0 Å². The molecule has 0 unspecified atom stereocenters. The first-order valence-corrected chi connectivity index (χ1v) is 7.32. The van der Waals surface area contributed by atoms with E-state index in [9.17, 15) is 14.7 Å². The van der Waals surface area contributed by atoms with Gasteiger partial charge in [-0.25, -0.2) is 4.79 Å². The smallest absolute Gasteiger partial charge is 0.342 e. The quantitative estimate of drug-likeness (QED) is 0.472. The lowest BCUT2D eigenvalue weighted by Gasteiger charge is -2.15. The molecule has 0 spiro atoms. The van der Waals surface area contributed by atoms with Crippen LogP contribution in [-0.2, 0) is 22.6 Å². The maximum atomic E-state index is 11.8. The molecular formula is C17H20BO6. The van der Waals surface area contributed by atoms with Crippen molar-refractivity contribution in [2.75, 3.05) is 7.11 Å². The number of carboxylic acids is 1. The topological polar surface area (TPSA) is 93.1 Å². The molecule has 0 amide bonds. The fraction of sp³-hybridized carbons (Fsp3) is 0.412. The molecule has 6 nitrogen and oxygen atoms in total. The summed E-state index contributed by atoms with van der Waals surface area (Å²) in [5, 5.41) is 19.1. The van der Waals surface area contributed by atoms with Gasteiger partial charge in [0.15, 0.2) is 0 Å². The number of rotatable bonds is 6. The Bertz CT molecular complexity index is 693. The second-order valence-electron chi connectivity index (χ2n) is 5.56. The lowest BCUT2D eigenvalue weighted by Crippen LogP contribution is -2.03. The van der Waals surface area contributed by atoms with Crippen LogP contribution in [0.15, 0.2) is 11.6 Å². The van der Waals surface area contributed by atoms with Crippen LogP contribution in [0.5, 0.6) is 11.5 Å². The summed E-state index contributed by atoms with van der Waals surface area (Å²) in [6, 6.07) is 0. The van der Waals surface area contributed by atoms with Gasteiger partial charge in [0, 0.05) is 26.0 Å². The zero-order valence-corrected chi connectivity index (χ0v) is 14.0. The number of benzene rings is 1. The number of phenols is 1. The van der Waals surface area contributed by atoms with E-state index < -0.39 is 11.9 Å². The molecule has 0 fully saturated rings. The fourth-order valence-corrected chi connectivity index (χ4v) is 2.71. The minimum absolute atomic E-state index is 0. The average molecular weight is 331 g/mol. The molecule has 1 aromatic carbocycles. The van der Waals surface area contributed by atoms with Gasteiger partial charge in [0.25, 0.3) is 0 Å². The van der Waals surface area contributed by atoms with E-state index in [0.29, 0.717) is 29.7 Å². The van der Waals surface area contributed by atoms with Crippen LogP contribution in [0, 0.1) is 6.92 Å². The number of cyclic esters (lactones) is 1. The van der Waals surface area contributed by atoms with Crippen molar-refractivity contribution in [3.8, 4) is 11.5 Å². The van der Waals surface area contributed by atoms with Crippen molar-refractivity contribution < 1.29 is 29.3 Å². The van der Waals surface area contributed by atoms with Gasteiger partial charge >= 0.3 is 11.9 Å². The third-order valence-electron chi connectivity index (χ3n) is 4.04. The van der Waals surface area contributed by atoms with Gasteiger partial charge < -0.3 is 19.7 Å². The van der Waals surface area contributed by atoms with Crippen LogP contribution in [0.4, 0.5) is 0 Å². The minimum Gasteiger partial charge on any atom is -0.507 e. The van der Waals surface area contributed by atoms with Gasteiger partial charge in [-0.1, -0.05) is 11.6 Å². The maximum absolute atomic E-state index is 11.8. The van der Waals surface area contributed by atoms with Crippen LogP contribution in [0.2, 0.25) is 0 Å². The van der Waals surface area contributed by atoms with Crippen LogP contribution < -0.4 is 4.74 Å². The van der Waals surface area contributed by atoms with Gasteiger partial charge in [0.1, 0.15) is 23.7 Å². The number of methoxy groups -OCH3 is 1. The first-order valence-electron chi connectivity index (χ1n) is 7.32. The summed E-state index contributed by atoms with van der Waals surface area (Å²) in [7, 11) is 1.51. The molecule has 7 heteroatoms. The summed E-state index contributed by atoms with van der Waals surface area (Å²) in [6.07, 6.45) is 2.68. The Morgan fingerprint density at radius 2 is 2.04 bits per heavy atom. The zero-order chi connectivity index (χ0) is 17.1. The molecule has 1 aliphatic rings. The summed E-state index contributed by atoms with van der Waals surface area (Å²) in [4.78, 5) is 22.4. The van der Waals surface area contributed by atoms with E-state index in [0.717, 1.165) is 11.1 Å². The molecule has 0 aromatic heterocycles. The number of fused-ring (bicyclic) bond motifs is 1. The number of esters is 1. The van der Waals surface area contributed by atoms with E-state index in [1.807, 2.05) is 19.9 Å². The van der Waals surface area contributed by atoms with Gasteiger partial charge in [-0.3, -0.25) is 4.79 Å². The van der Waals surface area contributed by atoms with Crippen molar-refractivity contribution in [3.63, 3.8) is 0 Å². The number of allylic oxidation sites excluding steroid dienone is 2. The average Bonchev–Trinajstić information content (AvgIpc) is 2.89. The predicted molar refractivity (Wildman–Crippen MR) is 88.6 cm³/mol. The second kappa shape index (κ2) is 7.90. The Kier molecular flexibility index (Phi) is 6.46. The number of hydrogen-bond donors (Lipinski definition) is 2. The predicted octanol–water partition coefficient (Wildman–Crippen LogP) is 2.35. The second-order valence-corrected chi connectivity index (χ2v) is 5.56. The van der Waals surface area contributed by atoms with Gasteiger partial charge in [0.2, 0.25) is 0 Å². The SMILES string of the molecule is COc1c(C)c2c(c(O)c1C/C=C(\C)CCC(=O)O)C(=O)OC2.[B]. The van der Waals surface area contributed by atoms with Crippen LogP contribution in [0.25, 0.3) is 0 Å². The molecule has 2 rings (SSSR count). The molecule has 0 atom stereocenters. The van der Waals surface area contributed by atoms with Crippen molar-refractivity contribution in [2.24, 2.45) is 0 Å². The first kappa shape index (κ1) is 19.6. The molecule has 3 radical (unpaired) electrons. The highest BCUT2D eigenvalue weighted by atomic mass is 16.5. The normalized spacial score (nSPS) is 13.1. The van der Waals surface area contributed by atoms with E-state index in [1.165, 1.54) is 7.11 Å². The largest absolute Gasteiger partial charge is 0.507 e. The number of carbonyl (C=O) groups is 2. The molecule has 2 N–H and O–H groups in total. The first-order chi connectivity index (χ1) is 10.9. The molecule has 1 aliphatic heterocycles. The van der Waals surface area contributed by atoms with Crippen molar-refractivity contribution in [2.45, 2.75) is 39.7 Å². The van der Waals surface area contributed by atoms with E-state index >= 15 is 0 Å². The summed E-state index contributed by atoms with van der Waals surface area (Å²) < 4.78 is 10.4. The Morgan fingerprint density at radius 1 is 1.38 bits per heavy atom. The Balaban J connectivity index is 0.00000288. The van der Waals surface area contributed by atoms with Crippen LogP contribution >= 0.6 is 0 Å². The van der Waals surface area contributed by atoms with Crippen LogP contribution in [-0.4, -0.2) is 37.7 Å². The number of aliphatic carboxylic acids is 1. The Morgan fingerprint density at radius 3 is 2.62 bits per heavy atom. The van der Waals surface area contributed by atoms with Crippen molar-refractivity contribution >= 4 is 20.4 Å². The summed E-state index contributed by atoms with van der Waals surface area (Å²) in [6.45, 7) is 3.79. The molecule has 127 valence electrons. The van der Waals surface area contributed by atoms with Gasteiger partial charge in [0.05, 0.1) is 7.11 Å². The Labute approximate surface area is 142 Å². The number of aromatic hydroxyl groups is 1. The highest BCUT2D eigenvalue weighted by Crippen LogP contribution is 2.41. The third-order valence-corrected chi connectivity index (χ3v) is 4.04. The third kappa shape index (κ3) is 3.72. The molecule has 0 saturated carbocycles. The summed E-state index contributed by atoms with van der Waals surface area (Å²) in [5.41, 5.74) is 3.04. The molecule has 0 bridgehead atoms.